The van der Waals surface area contributed by atoms with Crippen molar-refractivity contribution in [3.05, 3.63) is 44.3 Å². The van der Waals surface area contributed by atoms with Crippen LogP contribution in [0.3, 0.4) is 0 Å². The van der Waals surface area contributed by atoms with Gasteiger partial charge in [0.05, 0.1) is 16.9 Å². The van der Waals surface area contributed by atoms with Crippen molar-refractivity contribution in [3.8, 4) is 0 Å². The molecule has 0 spiro atoms. The molecule has 1 aliphatic heterocycles. The fourth-order valence-electron chi connectivity index (χ4n) is 3.75. The number of carbonyl (C=O) groups is 1. The number of halogens is 3. The first-order valence-corrected chi connectivity index (χ1v) is 8.91. The Hall–Kier alpha value is -2.91. The van der Waals surface area contributed by atoms with Crippen LogP contribution >= 0.6 is 0 Å². The molecule has 1 aromatic carbocycles. The number of benzene rings is 1. The number of fused-ring (bicyclic) bond motifs is 1. The van der Waals surface area contributed by atoms with E-state index in [1.165, 1.54) is 9.47 Å². The van der Waals surface area contributed by atoms with Crippen molar-refractivity contribution < 1.29 is 23.1 Å². The van der Waals surface area contributed by atoms with Crippen LogP contribution < -0.4 is 10.3 Å². The van der Waals surface area contributed by atoms with Gasteiger partial charge >= 0.3 is 5.97 Å². The van der Waals surface area contributed by atoms with Crippen molar-refractivity contribution in [2.75, 3.05) is 18.0 Å². The first kappa shape index (κ1) is 18.5. The lowest BCUT2D eigenvalue weighted by Gasteiger charge is -2.32. The molecule has 2 aliphatic rings. The van der Waals surface area contributed by atoms with Crippen LogP contribution in [0.5, 0.6) is 0 Å². The molecular formula is C18H16F3N3O4. The molecule has 148 valence electrons. The molecule has 7 nitrogen and oxygen atoms in total. The number of piperidine rings is 1. The van der Waals surface area contributed by atoms with Crippen molar-refractivity contribution in [1.82, 2.24) is 4.57 Å². The van der Waals surface area contributed by atoms with E-state index in [1.807, 2.05) is 0 Å². The zero-order chi connectivity index (χ0) is 20.2. The van der Waals surface area contributed by atoms with E-state index in [0.717, 1.165) is 6.20 Å². The number of nitrogens with zero attached hydrogens (tertiary/aromatic N) is 3. The third-order valence-electron chi connectivity index (χ3n) is 5.37. The minimum atomic E-state index is -1.59. The maximum atomic E-state index is 15.4. The largest absolute Gasteiger partial charge is 0.477 e. The molecule has 1 N–H and O–H groups in total. The lowest BCUT2D eigenvalue weighted by Crippen LogP contribution is -2.36. The maximum Gasteiger partial charge on any atom is 0.341 e. The van der Waals surface area contributed by atoms with E-state index in [2.05, 4.69) is 5.18 Å². The fraction of sp³-hybridized carbons (Fsp3) is 0.444. The van der Waals surface area contributed by atoms with E-state index in [-0.39, 0.29) is 32.0 Å². The number of hydrogen-bond acceptors (Lipinski definition) is 5. The number of rotatable bonds is 4. The van der Waals surface area contributed by atoms with E-state index in [1.54, 1.807) is 0 Å². The Morgan fingerprint density at radius 2 is 1.71 bits per heavy atom. The number of carboxylic acids is 1. The smallest absolute Gasteiger partial charge is 0.341 e. The van der Waals surface area contributed by atoms with E-state index < -0.39 is 57.0 Å². The number of carboxylic acid groups (broad SMARTS) is 1. The number of anilines is 1. The SMILES string of the molecule is O=NC1CCN(c2c(F)c(F)c3c(=O)c(C(=O)O)cn(C4CC4)c3c2F)CC1. The molecule has 1 aliphatic carbocycles. The normalized spacial score (nSPS) is 17.9. The summed E-state index contributed by atoms with van der Waals surface area (Å²) < 4.78 is 46.3. The van der Waals surface area contributed by atoms with Gasteiger partial charge in [0.25, 0.3) is 0 Å². The Bertz CT molecular complexity index is 1060. The van der Waals surface area contributed by atoms with Crippen LogP contribution in [0, 0.1) is 22.4 Å². The van der Waals surface area contributed by atoms with Crippen LogP contribution in [-0.2, 0) is 0 Å². The van der Waals surface area contributed by atoms with Gasteiger partial charge in [0, 0.05) is 25.3 Å². The maximum absolute atomic E-state index is 15.4. The number of aromatic nitrogens is 1. The third kappa shape index (κ3) is 2.74. The Labute approximate surface area is 156 Å². The van der Waals surface area contributed by atoms with Gasteiger partial charge in [-0.15, -0.1) is 0 Å². The van der Waals surface area contributed by atoms with E-state index in [0.29, 0.717) is 12.8 Å². The molecule has 2 aromatic rings. The molecule has 10 heteroatoms. The van der Waals surface area contributed by atoms with Crippen LogP contribution in [0.4, 0.5) is 18.9 Å². The molecule has 28 heavy (non-hydrogen) atoms. The van der Waals surface area contributed by atoms with Crippen molar-refractivity contribution in [2.24, 2.45) is 5.18 Å². The molecule has 0 bridgehead atoms. The molecule has 0 atom stereocenters. The van der Waals surface area contributed by atoms with E-state index in [4.69, 9.17) is 0 Å². The topological polar surface area (TPSA) is 92.0 Å². The molecule has 0 amide bonds. The van der Waals surface area contributed by atoms with Crippen LogP contribution in [0.25, 0.3) is 10.9 Å². The van der Waals surface area contributed by atoms with E-state index >= 15 is 4.39 Å². The quantitative estimate of drug-likeness (QED) is 0.634. The van der Waals surface area contributed by atoms with Gasteiger partial charge in [-0.05, 0) is 25.7 Å². The fourth-order valence-corrected chi connectivity index (χ4v) is 3.75. The summed E-state index contributed by atoms with van der Waals surface area (Å²) >= 11 is 0. The zero-order valence-electron chi connectivity index (χ0n) is 14.6. The van der Waals surface area contributed by atoms with Gasteiger partial charge in [0.1, 0.15) is 11.3 Å². The second kappa shape index (κ2) is 6.61. The Kier molecular flexibility index (Phi) is 4.35. The van der Waals surface area contributed by atoms with Gasteiger partial charge in [0.2, 0.25) is 5.43 Å². The van der Waals surface area contributed by atoms with Crippen LogP contribution in [0.1, 0.15) is 42.1 Å². The van der Waals surface area contributed by atoms with Gasteiger partial charge < -0.3 is 14.6 Å². The standard InChI is InChI=1S/C18H16F3N3O4/c19-12-11-15(24(9-1-2-9)7-10(17(11)25)18(26)27)14(21)16(13(12)20)23-5-3-8(22-28)4-6-23/h7-9H,1-6H2,(H,26,27). The highest BCUT2D eigenvalue weighted by molar-refractivity contribution is 5.94. The van der Waals surface area contributed by atoms with Gasteiger partial charge in [-0.2, -0.15) is 4.91 Å². The highest BCUT2D eigenvalue weighted by Gasteiger charge is 2.34. The van der Waals surface area contributed by atoms with E-state index in [9.17, 15) is 28.4 Å². The molecule has 1 aromatic heterocycles. The van der Waals surface area contributed by atoms with Crippen LogP contribution in [-0.4, -0.2) is 34.8 Å². The molecular weight excluding hydrogens is 379 g/mol. The minimum absolute atomic E-state index is 0.107. The summed E-state index contributed by atoms with van der Waals surface area (Å²) in [5.41, 5.74) is -3.03. The summed E-state index contributed by atoms with van der Waals surface area (Å²) in [7, 11) is 0. The van der Waals surface area contributed by atoms with Gasteiger partial charge in [-0.25, -0.2) is 18.0 Å². The Morgan fingerprint density at radius 1 is 1.07 bits per heavy atom. The molecule has 0 unspecified atom stereocenters. The lowest BCUT2D eigenvalue weighted by atomic mass is 10.0. The van der Waals surface area contributed by atoms with Crippen molar-refractivity contribution in [1.29, 1.82) is 0 Å². The summed E-state index contributed by atoms with van der Waals surface area (Å²) in [5, 5.41) is 11.3. The highest BCUT2D eigenvalue weighted by Crippen LogP contribution is 2.41. The summed E-state index contributed by atoms with van der Waals surface area (Å²) in [6.07, 6.45) is 2.77. The molecule has 1 saturated heterocycles. The average Bonchev–Trinajstić information content (AvgIpc) is 3.51. The van der Waals surface area contributed by atoms with Crippen molar-refractivity contribution in [2.45, 2.75) is 37.8 Å². The number of hydrogen-bond donors (Lipinski definition) is 1. The average molecular weight is 395 g/mol. The predicted molar refractivity (Wildman–Crippen MR) is 94.3 cm³/mol. The summed E-state index contributed by atoms with van der Waals surface area (Å²) in [5.74, 6) is -5.80. The summed E-state index contributed by atoms with van der Waals surface area (Å²) in [6.45, 7) is 0.214. The third-order valence-corrected chi connectivity index (χ3v) is 5.37. The second-order valence-electron chi connectivity index (χ2n) is 7.15. The number of pyridine rings is 1. The predicted octanol–water partition coefficient (Wildman–Crippen LogP) is 3.19. The molecule has 4 rings (SSSR count). The molecule has 0 radical (unpaired) electrons. The molecule has 2 fully saturated rings. The van der Waals surface area contributed by atoms with Gasteiger partial charge in [-0.3, -0.25) is 4.79 Å². The number of nitroso groups, excluding NO2 is 1. The summed E-state index contributed by atoms with van der Waals surface area (Å²) in [4.78, 5) is 35.7. The van der Waals surface area contributed by atoms with Crippen LogP contribution in [0.2, 0.25) is 0 Å². The first-order valence-electron chi connectivity index (χ1n) is 8.91. The Balaban J connectivity index is 1.98. The monoisotopic (exact) mass is 395 g/mol. The van der Waals surface area contributed by atoms with Crippen LogP contribution in [0.15, 0.2) is 16.2 Å². The first-order chi connectivity index (χ1) is 13.3. The van der Waals surface area contributed by atoms with Gasteiger partial charge in [-0.1, -0.05) is 5.18 Å². The summed E-state index contributed by atoms with van der Waals surface area (Å²) in [6, 6.07) is -0.742. The zero-order valence-corrected chi connectivity index (χ0v) is 14.6. The Morgan fingerprint density at radius 3 is 2.25 bits per heavy atom. The minimum Gasteiger partial charge on any atom is -0.477 e. The van der Waals surface area contributed by atoms with Crippen molar-refractivity contribution >= 4 is 22.6 Å². The lowest BCUT2D eigenvalue weighted by molar-refractivity contribution is 0.0694. The number of aromatic carboxylic acids is 1. The second-order valence-corrected chi connectivity index (χ2v) is 7.15. The van der Waals surface area contributed by atoms with Gasteiger partial charge in [0.15, 0.2) is 17.5 Å². The molecule has 1 saturated carbocycles. The highest BCUT2D eigenvalue weighted by atomic mass is 19.2. The molecule has 2 heterocycles. The van der Waals surface area contributed by atoms with Crippen molar-refractivity contribution in [3.63, 3.8) is 0 Å².